The topological polar surface area (TPSA) is 26.0 Å². The highest BCUT2D eigenvalue weighted by Gasteiger charge is 2.35. The molecule has 0 aromatic heterocycles. The zero-order chi connectivity index (χ0) is 9.54. The second kappa shape index (κ2) is 2.82. The molecule has 1 aliphatic rings. The van der Waals surface area contributed by atoms with E-state index in [9.17, 15) is 0 Å². The number of nitrogens with two attached hydrogens (primary N) is 1. The van der Waals surface area contributed by atoms with Crippen LogP contribution in [0, 0.1) is 0 Å². The third-order valence-electron chi connectivity index (χ3n) is 3.06. The summed E-state index contributed by atoms with van der Waals surface area (Å²) in [4.78, 5) is 0. The summed E-state index contributed by atoms with van der Waals surface area (Å²) >= 11 is 0. The molecule has 2 aromatic carbocycles. The van der Waals surface area contributed by atoms with Crippen molar-refractivity contribution in [2.24, 2.45) is 5.73 Å². The molecule has 2 unspecified atom stereocenters. The molecule has 0 heterocycles. The van der Waals surface area contributed by atoms with Gasteiger partial charge in [0.05, 0.1) is 0 Å². The molecule has 0 spiro atoms. The third kappa shape index (κ3) is 1.13. The summed E-state index contributed by atoms with van der Waals surface area (Å²) in [7, 11) is 0. The van der Waals surface area contributed by atoms with Gasteiger partial charge < -0.3 is 5.73 Å². The zero-order valence-corrected chi connectivity index (χ0v) is 7.98. The molecule has 14 heavy (non-hydrogen) atoms. The fraction of sp³-hybridized carbons (Fsp3) is 0.231. The van der Waals surface area contributed by atoms with Crippen LogP contribution in [-0.2, 0) is 0 Å². The van der Waals surface area contributed by atoms with Gasteiger partial charge in [0.2, 0.25) is 0 Å². The molecule has 0 bridgehead atoms. The van der Waals surface area contributed by atoms with Crippen molar-refractivity contribution in [3.8, 4) is 0 Å². The summed E-state index contributed by atoms with van der Waals surface area (Å²) in [5, 5.41) is 2.69. The Morgan fingerprint density at radius 1 is 1.00 bits per heavy atom. The molecule has 2 atom stereocenters. The SMILES string of the molecule is NC1CC1c1cccc2ccccc12. The number of rotatable bonds is 1. The van der Waals surface area contributed by atoms with E-state index in [1.165, 1.54) is 16.3 Å². The molecule has 2 aromatic rings. The van der Waals surface area contributed by atoms with Gasteiger partial charge >= 0.3 is 0 Å². The molecule has 3 rings (SSSR count). The molecule has 1 heteroatoms. The van der Waals surface area contributed by atoms with Crippen molar-refractivity contribution in [2.75, 3.05) is 0 Å². The van der Waals surface area contributed by atoms with E-state index in [1.54, 1.807) is 0 Å². The van der Waals surface area contributed by atoms with E-state index in [0.717, 1.165) is 6.42 Å². The van der Waals surface area contributed by atoms with Crippen molar-refractivity contribution >= 4 is 10.8 Å². The largest absolute Gasteiger partial charge is 0.327 e. The molecule has 0 amide bonds. The number of fused-ring (bicyclic) bond motifs is 1. The maximum Gasteiger partial charge on any atom is 0.0115 e. The molecule has 0 radical (unpaired) electrons. The Kier molecular flexibility index (Phi) is 1.62. The van der Waals surface area contributed by atoms with Crippen LogP contribution in [0.1, 0.15) is 17.9 Å². The molecule has 1 saturated carbocycles. The molecule has 1 fully saturated rings. The van der Waals surface area contributed by atoms with Crippen LogP contribution in [0.15, 0.2) is 42.5 Å². The summed E-state index contributed by atoms with van der Waals surface area (Å²) in [6.45, 7) is 0. The summed E-state index contributed by atoms with van der Waals surface area (Å²) in [5.74, 6) is 0.598. The highest BCUT2D eigenvalue weighted by molar-refractivity contribution is 5.86. The number of hydrogen-bond acceptors (Lipinski definition) is 1. The predicted octanol–water partition coefficient (Wildman–Crippen LogP) is 2.65. The normalized spacial score (nSPS) is 25.2. The van der Waals surface area contributed by atoms with Crippen LogP contribution in [0.4, 0.5) is 0 Å². The van der Waals surface area contributed by atoms with Crippen molar-refractivity contribution in [3.05, 3.63) is 48.0 Å². The maximum absolute atomic E-state index is 5.89. The summed E-state index contributed by atoms with van der Waals surface area (Å²) in [6, 6.07) is 15.4. The predicted molar refractivity (Wildman–Crippen MR) is 59.3 cm³/mol. The lowest BCUT2D eigenvalue weighted by Crippen LogP contribution is -2.01. The highest BCUT2D eigenvalue weighted by Crippen LogP contribution is 2.41. The standard InChI is InChI=1S/C13H13N/c14-13-8-12(13)11-7-3-5-9-4-1-2-6-10(9)11/h1-7,12-13H,8,14H2. The minimum atomic E-state index is 0.390. The first-order valence-corrected chi connectivity index (χ1v) is 5.09. The van der Waals surface area contributed by atoms with Crippen molar-refractivity contribution in [1.29, 1.82) is 0 Å². The smallest absolute Gasteiger partial charge is 0.0115 e. The second-order valence-corrected chi connectivity index (χ2v) is 4.07. The quantitative estimate of drug-likeness (QED) is 0.722. The van der Waals surface area contributed by atoms with E-state index in [-0.39, 0.29) is 0 Å². The third-order valence-corrected chi connectivity index (χ3v) is 3.06. The van der Waals surface area contributed by atoms with Gasteiger partial charge in [-0.1, -0.05) is 42.5 Å². The van der Waals surface area contributed by atoms with Crippen LogP contribution in [0.2, 0.25) is 0 Å². The van der Waals surface area contributed by atoms with Gasteiger partial charge in [-0.25, -0.2) is 0 Å². The summed E-state index contributed by atoms with van der Waals surface area (Å²) in [5.41, 5.74) is 7.32. The van der Waals surface area contributed by atoms with Crippen molar-refractivity contribution < 1.29 is 0 Å². The van der Waals surface area contributed by atoms with E-state index in [1.807, 2.05) is 0 Å². The molecular weight excluding hydrogens is 170 g/mol. The first kappa shape index (κ1) is 8.01. The first-order valence-electron chi connectivity index (χ1n) is 5.09. The minimum absolute atomic E-state index is 0.390. The van der Waals surface area contributed by atoms with E-state index < -0.39 is 0 Å². The molecular formula is C13H13N. The van der Waals surface area contributed by atoms with Crippen molar-refractivity contribution in [3.63, 3.8) is 0 Å². The maximum atomic E-state index is 5.89. The van der Waals surface area contributed by atoms with Crippen LogP contribution >= 0.6 is 0 Å². The Morgan fingerprint density at radius 2 is 1.71 bits per heavy atom. The van der Waals surface area contributed by atoms with Gasteiger partial charge in [0, 0.05) is 12.0 Å². The van der Waals surface area contributed by atoms with Gasteiger partial charge in [-0.05, 0) is 22.8 Å². The monoisotopic (exact) mass is 183 g/mol. The van der Waals surface area contributed by atoms with Gasteiger partial charge in [-0.2, -0.15) is 0 Å². The van der Waals surface area contributed by atoms with E-state index in [2.05, 4.69) is 42.5 Å². The Hall–Kier alpha value is -1.34. The van der Waals surface area contributed by atoms with E-state index >= 15 is 0 Å². The molecule has 70 valence electrons. The van der Waals surface area contributed by atoms with Gasteiger partial charge in [-0.3, -0.25) is 0 Å². The van der Waals surface area contributed by atoms with Gasteiger partial charge in [-0.15, -0.1) is 0 Å². The van der Waals surface area contributed by atoms with Crippen LogP contribution < -0.4 is 5.73 Å². The molecule has 2 N–H and O–H groups in total. The first-order chi connectivity index (χ1) is 6.86. The lowest BCUT2D eigenvalue weighted by molar-refractivity contribution is 0.998. The second-order valence-electron chi connectivity index (χ2n) is 4.07. The van der Waals surface area contributed by atoms with Crippen molar-refractivity contribution in [1.82, 2.24) is 0 Å². The van der Waals surface area contributed by atoms with E-state index in [0.29, 0.717) is 12.0 Å². The Labute approximate surface area is 83.5 Å². The summed E-state index contributed by atoms with van der Waals surface area (Å²) < 4.78 is 0. The molecule has 0 aliphatic heterocycles. The van der Waals surface area contributed by atoms with Gasteiger partial charge in [0.1, 0.15) is 0 Å². The highest BCUT2D eigenvalue weighted by atomic mass is 14.7. The van der Waals surface area contributed by atoms with Gasteiger partial charge in [0.25, 0.3) is 0 Å². The Bertz CT molecular complexity index is 470. The molecule has 1 aliphatic carbocycles. The number of hydrogen-bond donors (Lipinski definition) is 1. The average Bonchev–Trinajstić information content (AvgIpc) is 2.95. The van der Waals surface area contributed by atoms with Crippen LogP contribution in [0.25, 0.3) is 10.8 Å². The lowest BCUT2D eigenvalue weighted by atomic mass is 10.0. The van der Waals surface area contributed by atoms with E-state index in [4.69, 9.17) is 5.73 Å². The van der Waals surface area contributed by atoms with Crippen LogP contribution in [0.5, 0.6) is 0 Å². The fourth-order valence-corrected chi connectivity index (χ4v) is 2.15. The molecule has 0 saturated heterocycles. The number of benzene rings is 2. The fourth-order valence-electron chi connectivity index (χ4n) is 2.15. The van der Waals surface area contributed by atoms with Crippen molar-refractivity contribution in [2.45, 2.75) is 18.4 Å². The van der Waals surface area contributed by atoms with Gasteiger partial charge in [0.15, 0.2) is 0 Å². The summed E-state index contributed by atoms with van der Waals surface area (Å²) in [6.07, 6.45) is 1.15. The minimum Gasteiger partial charge on any atom is -0.327 e. The average molecular weight is 183 g/mol. The Morgan fingerprint density at radius 3 is 2.50 bits per heavy atom. The van der Waals surface area contributed by atoms with Crippen LogP contribution in [0.3, 0.4) is 0 Å². The Balaban J connectivity index is 2.23. The lowest BCUT2D eigenvalue weighted by Gasteiger charge is -2.04. The molecule has 1 nitrogen and oxygen atoms in total. The van der Waals surface area contributed by atoms with Crippen LogP contribution in [-0.4, -0.2) is 6.04 Å². The zero-order valence-electron chi connectivity index (χ0n) is 7.98.